The van der Waals surface area contributed by atoms with Crippen LogP contribution in [0.1, 0.15) is 6.42 Å². The van der Waals surface area contributed by atoms with Gasteiger partial charge in [0.1, 0.15) is 0 Å². The Bertz CT molecular complexity index is 371. The molecule has 0 aliphatic carbocycles. The predicted octanol–water partition coefficient (Wildman–Crippen LogP) is 0.351. The fourth-order valence-electron chi connectivity index (χ4n) is 0.916. The molecule has 1 rings (SSSR count). The third-order valence-electron chi connectivity index (χ3n) is 1.54. The standard InChI is InChI=1S/C9H11N5O2/c1-10-9(13-8(16)6-11-7-15)14-5-3-2-4-12-14/h3-7,16H,1-2H2,(H,11,15)/b8-6-,13-9+. The number of hydrazone groups is 1. The molecule has 0 aromatic carbocycles. The maximum Gasteiger partial charge on any atom is 0.253 e. The number of guanidine groups is 1. The van der Waals surface area contributed by atoms with E-state index in [9.17, 15) is 9.90 Å². The first-order valence-corrected chi connectivity index (χ1v) is 4.40. The van der Waals surface area contributed by atoms with Crippen molar-refractivity contribution in [3.63, 3.8) is 0 Å². The fourth-order valence-corrected chi connectivity index (χ4v) is 0.916. The van der Waals surface area contributed by atoms with Gasteiger partial charge >= 0.3 is 0 Å². The summed E-state index contributed by atoms with van der Waals surface area (Å²) in [4.78, 5) is 17.3. The Kier molecular flexibility index (Phi) is 4.45. The van der Waals surface area contributed by atoms with Gasteiger partial charge in [0.05, 0.1) is 6.20 Å². The van der Waals surface area contributed by atoms with Crippen molar-refractivity contribution >= 4 is 25.3 Å². The van der Waals surface area contributed by atoms with Gasteiger partial charge in [0.15, 0.2) is 0 Å². The maximum absolute atomic E-state index is 9.97. The van der Waals surface area contributed by atoms with Gasteiger partial charge < -0.3 is 10.4 Å². The molecule has 0 radical (unpaired) electrons. The lowest BCUT2D eigenvalue weighted by Crippen LogP contribution is -2.20. The number of rotatable bonds is 3. The Balaban J connectivity index is 2.80. The second-order valence-electron chi connectivity index (χ2n) is 2.62. The summed E-state index contributed by atoms with van der Waals surface area (Å²) in [6.07, 6.45) is 7.31. The molecule has 0 aromatic heterocycles. The molecule has 1 heterocycles. The van der Waals surface area contributed by atoms with Crippen LogP contribution < -0.4 is 5.32 Å². The van der Waals surface area contributed by atoms with Crippen LogP contribution in [0.5, 0.6) is 0 Å². The lowest BCUT2D eigenvalue weighted by molar-refractivity contribution is -0.108. The van der Waals surface area contributed by atoms with Crippen molar-refractivity contribution < 1.29 is 9.90 Å². The monoisotopic (exact) mass is 221 g/mol. The van der Waals surface area contributed by atoms with Crippen LogP contribution >= 0.6 is 0 Å². The highest BCUT2D eigenvalue weighted by atomic mass is 16.3. The number of carbonyl (C=O) groups is 1. The second-order valence-corrected chi connectivity index (χ2v) is 2.62. The minimum absolute atomic E-state index is 0.105. The van der Waals surface area contributed by atoms with E-state index in [0.29, 0.717) is 6.41 Å². The molecule has 1 aliphatic heterocycles. The van der Waals surface area contributed by atoms with Gasteiger partial charge in [-0.25, -0.2) is 10.0 Å². The smallest absolute Gasteiger partial charge is 0.253 e. The van der Waals surface area contributed by atoms with E-state index in [1.165, 1.54) is 5.01 Å². The highest BCUT2D eigenvalue weighted by Crippen LogP contribution is 2.03. The Morgan fingerprint density at radius 3 is 3.06 bits per heavy atom. The number of aliphatic hydroxyl groups excluding tert-OH is 1. The summed E-state index contributed by atoms with van der Waals surface area (Å²) >= 11 is 0. The van der Waals surface area contributed by atoms with E-state index in [4.69, 9.17) is 0 Å². The Morgan fingerprint density at radius 2 is 2.50 bits per heavy atom. The molecule has 0 bridgehead atoms. The van der Waals surface area contributed by atoms with Crippen molar-refractivity contribution in [3.8, 4) is 0 Å². The highest BCUT2D eigenvalue weighted by molar-refractivity contribution is 5.86. The van der Waals surface area contributed by atoms with Crippen molar-refractivity contribution in [1.82, 2.24) is 10.3 Å². The largest absolute Gasteiger partial charge is 0.492 e. The normalized spacial score (nSPS) is 16.1. The lowest BCUT2D eigenvalue weighted by Gasteiger charge is -2.14. The van der Waals surface area contributed by atoms with Crippen LogP contribution in [-0.2, 0) is 4.79 Å². The number of nitrogens with zero attached hydrogens (tertiary/aromatic N) is 4. The molecular weight excluding hydrogens is 210 g/mol. The third-order valence-corrected chi connectivity index (χ3v) is 1.54. The van der Waals surface area contributed by atoms with Crippen molar-refractivity contribution in [1.29, 1.82) is 0 Å². The summed E-state index contributed by atoms with van der Waals surface area (Å²) < 4.78 is 0. The number of hydrogen-bond donors (Lipinski definition) is 2. The molecule has 0 unspecified atom stereocenters. The van der Waals surface area contributed by atoms with E-state index in [1.54, 1.807) is 12.4 Å². The van der Waals surface area contributed by atoms with Crippen molar-refractivity contribution in [2.45, 2.75) is 6.42 Å². The van der Waals surface area contributed by atoms with Crippen LogP contribution in [0.2, 0.25) is 0 Å². The number of carbonyl (C=O) groups excluding carboxylic acids is 1. The van der Waals surface area contributed by atoms with Gasteiger partial charge in [-0.3, -0.25) is 4.79 Å². The molecule has 0 aromatic rings. The van der Waals surface area contributed by atoms with Crippen molar-refractivity contribution in [3.05, 3.63) is 24.4 Å². The summed E-state index contributed by atoms with van der Waals surface area (Å²) in [5, 5.41) is 16.7. The minimum atomic E-state index is -0.399. The summed E-state index contributed by atoms with van der Waals surface area (Å²) in [7, 11) is 0. The van der Waals surface area contributed by atoms with Gasteiger partial charge in [0.2, 0.25) is 12.3 Å². The van der Waals surface area contributed by atoms with Crippen LogP contribution in [0.15, 0.2) is 39.4 Å². The van der Waals surface area contributed by atoms with Gasteiger partial charge in [-0.2, -0.15) is 10.1 Å². The predicted molar refractivity (Wildman–Crippen MR) is 61.0 cm³/mol. The molecule has 0 saturated heterocycles. The topological polar surface area (TPSA) is 89.7 Å². The molecular formula is C9H11N5O2. The molecule has 1 amide bonds. The fraction of sp³-hybridized carbons (Fsp3) is 0.111. The van der Waals surface area contributed by atoms with Crippen LogP contribution in [0.25, 0.3) is 0 Å². The first-order chi connectivity index (χ1) is 7.77. The Hall–Kier alpha value is -2.44. The van der Waals surface area contributed by atoms with E-state index in [0.717, 1.165) is 12.6 Å². The average molecular weight is 221 g/mol. The quantitative estimate of drug-likeness (QED) is 0.312. The summed E-state index contributed by atoms with van der Waals surface area (Å²) in [6, 6.07) is 0. The molecule has 0 spiro atoms. The number of allylic oxidation sites excluding steroid dienone is 1. The minimum Gasteiger partial charge on any atom is -0.492 e. The van der Waals surface area contributed by atoms with Gasteiger partial charge in [-0.05, 0) is 6.72 Å². The zero-order valence-corrected chi connectivity index (χ0v) is 8.45. The van der Waals surface area contributed by atoms with Crippen LogP contribution in [0.3, 0.4) is 0 Å². The SMILES string of the molecule is C=N/C(=N\C(O)=C\NC=O)N1C=CCC=N1. The third kappa shape index (κ3) is 3.37. The molecule has 7 nitrogen and oxygen atoms in total. The number of aliphatic imine (C=N–C) groups is 2. The summed E-state index contributed by atoms with van der Waals surface area (Å²) in [5.41, 5.74) is 0. The van der Waals surface area contributed by atoms with Gasteiger partial charge in [-0.15, -0.1) is 0 Å². The second kappa shape index (κ2) is 6.12. The average Bonchev–Trinajstić information content (AvgIpc) is 2.34. The molecule has 0 fully saturated rings. The number of nitrogens with one attached hydrogen (secondary N) is 1. The van der Waals surface area contributed by atoms with Crippen molar-refractivity contribution in [2.24, 2.45) is 15.1 Å². The van der Waals surface area contributed by atoms with E-state index in [2.05, 4.69) is 27.1 Å². The first-order valence-electron chi connectivity index (χ1n) is 4.40. The van der Waals surface area contributed by atoms with E-state index in [-0.39, 0.29) is 5.96 Å². The van der Waals surface area contributed by atoms with Gasteiger partial charge in [0, 0.05) is 18.8 Å². The van der Waals surface area contributed by atoms with Gasteiger partial charge in [-0.1, -0.05) is 6.08 Å². The number of hydrogen-bond acceptors (Lipinski definition) is 4. The van der Waals surface area contributed by atoms with E-state index < -0.39 is 5.88 Å². The zero-order chi connectivity index (χ0) is 11.8. The molecule has 0 saturated carbocycles. The molecule has 2 N–H and O–H groups in total. The molecule has 16 heavy (non-hydrogen) atoms. The number of aliphatic hydroxyl groups is 1. The molecule has 0 atom stereocenters. The Labute approximate surface area is 92.2 Å². The van der Waals surface area contributed by atoms with Crippen LogP contribution in [0.4, 0.5) is 0 Å². The molecule has 7 heteroatoms. The number of amides is 1. The van der Waals surface area contributed by atoms with Crippen LogP contribution in [0, 0.1) is 0 Å². The summed E-state index contributed by atoms with van der Waals surface area (Å²) in [6.45, 7) is 3.31. The highest BCUT2D eigenvalue weighted by Gasteiger charge is 2.07. The lowest BCUT2D eigenvalue weighted by atomic mass is 10.4. The van der Waals surface area contributed by atoms with Crippen LogP contribution in [-0.4, -0.2) is 35.4 Å². The molecule has 84 valence electrons. The zero-order valence-electron chi connectivity index (χ0n) is 8.45. The Morgan fingerprint density at radius 1 is 1.69 bits per heavy atom. The maximum atomic E-state index is 9.97. The van der Waals surface area contributed by atoms with E-state index in [1.807, 2.05) is 6.08 Å². The van der Waals surface area contributed by atoms with Crippen molar-refractivity contribution in [2.75, 3.05) is 0 Å². The van der Waals surface area contributed by atoms with Gasteiger partial charge in [0.25, 0.3) is 5.96 Å². The molecule has 1 aliphatic rings. The van der Waals surface area contributed by atoms with E-state index >= 15 is 0 Å². The summed E-state index contributed by atoms with van der Waals surface area (Å²) in [5.74, 6) is -0.294. The first kappa shape index (κ1) is 11.6.